The van der Waals surface area contributed by atoms with E-state index in [1.165, 1.54) is 0 Å². The second kappa shape index (κ2) is 6.74. The van der Waals surface area contributed by atoms with Crippen LogP contribution in [0.25, 0.3) is 11.0 Å². The topological polar surface area (TPSA) is 102 Å². The summed E-state index contributed by atoms with van der Waals surface area (Å²) in [4.78, 5) is 55.9. The zero-order valence-corrected chi connectivity index (χ0v) is 15.7. The Balaban J connectivity index is 1.53. The van der Waals surface area contributed by atoms with E-state index in [0.717, 1.165) is 10.6 Å². The first-order valence-electron chi connectivity index (χ1n) is 9.16. The zero-order chi connectivity index (χ0) is 20.0. The number of hydrogen-bond donors (Lipinski definition) is 0. The number of aromatic nitrogens is 2. The normalized spacial score (nSPS) is 17.2. The minimum Gasteiger partial charge on any atom is -0.439 e. The van der Waals surface area contributed by atoms with Crippen molar-refractivity contribution < 1.29 is 19.1 Å². The second-order valence-corrected chi connectivity index (χ2v) is 7.12. The SMILES string of the molecule is CCn1cc(C(=O)N2CC(CN3C(=O)COC3=O)C2)c(=O)c2ccc(C)nc21. The van der Waals surface area contributed by atoms with Crippen LogP contribution in [0.4, 0.5) is 4.79 Å². The number of rotatable bonds is 4. The summed E-state index contributed by atoms with van der Waals surface area (Å²) in [6.45, 7) is 5.11. The largest absolute Gasteiger partial charge is 0.439 e. The van der Waals surface area contributed by atoms with Crippen molar-refractivity contribution in [1.29, 1.82) is 0 Å². The van der Waals surface area contributed by atoms with E-state index in [-0.39, 0.29) is 41.9 Å². The molecule has 28 heavy (non-hydrogen) atoms. The van der Waals surface area contributed by atoms with Crippen LogP contribution in [-0.4, -0.2) is 63.5 Å². The number of imide groups is 1. The molecule has 0 spiro atoms. The first kappa shape index (κ1) is 18.1. The molecule has 2 aliphatic heterocycles. The maximum absolute atomic E-state index is 12.9. The van der Waals surface area contributed by atoms with Crippen molar-refractivity contribution in [1.82, 2.24) is 19.4 Å². The molecular formula is C19H20N4O5. The monoisotopic (exact) mass is 384 g/mol. The molecule has 0 aromatic carbocycles. The number of carbonyl (C=O) groups is 3. The molecule has 2 saturated heterocycles. The Morgan fingerprint density at radius 2 is 2.00 bits per heavy atom. The summed E-state index contributed by atoms with van der Waals surface area (Å²) >= 11 is 0. The van der Waals surface area contributed by atoms with E-state index in [1.807, 2.05) is 13.8 Å². The van der Waals surface area contributed by atoms with Gasteiger partial charge in [0.2, 0.25) is 5.43 Å². The fourth-order valence-electron chi connectivity index (χ4n) is 3.59. The maximum atomic E-state index is 12.9. The number of likely N-dealkylation sites (tertiary alicyclic amines) is 1. The molecule has 146 valence electrons. The minimum absolute atomic E-state index is 0.0169. The van der Waals surface area contributed by atoms with Crippen LogP contribution < -0.4 is 5.43 Å². The fraction of sp³-hybridized carbons (Fsp3) is 0.421. The fourth-order valence-corrected chi connectivity index (χ4v) is 3.59. The van der Waals surface area contributed by atoms with Crippen molar-refractivity contribution in [3.63, 3.8) is 0 Å². The Hall–Kier alpha value is -3.23. The summed E-state index contributed by atoms with van der Waals surface area (Å²) in [6.07, 6.45) is 0.923. The lowest BCUT2D eigenvalue weighted by molar-refractivity contribution is -0.126. The van der Waals surface area contributed by atoms with Gasteiger partial charge in [0.05, 0.1) is 5.39 Å². The quantitative estimate of drug-likeness (QED) is 0.772. The highest BCUT2D eigenvalue weighted by Crippen LogP contribution is 2.21. The molecule has 2 aromatic rings. The number of aryl methyl sites for hydroxylation is 2. The number of hydrogen-bond acceptors (Lipinski definition) is 6. The van der Waals surface area contributed by atoms with Gasteiger partial charge in [-0.15, -0.1) is 0 Å². The van der Waals surface area contributed by atoms with Gasteiger partial charge in [0, 0.05) is 44.0 Å². The van der Waals surface area contributed by atoms with Crippen molar-refractivity contribution in [2.75, 3.05) is 26.2 Å². The van der Waals surface area contributed by atoms with Gasteiger partial charge in [0.25, 0.3) is 11.8 Å². The average molecular weight is 384 g/mol. The Morgan fingerprint density at radius 1 is 1.25 bits per heavy atom. The lowest BCUT2D eigenvalue weighted by Gasteiger charge is -2.40. The zero-order valence-electron chi connectivity index (χ0n) is 15.7. The predicted molar refractivity (Wildman–Crippen MR) is 98.9 cm³/mol. The smallest absolute Gasteiger partial charge is 0.417 e. The highest BCUT2D eigenvalue weighted by atomic mass is 16.6. The van der Waals surface area contributed by atoms with Gasteiger partial charge in [0.1, 0.15) is 11.2 Å². The highest BCUT2D eigenvalue weighted by molar-refractivity contribution is 5.98. The molecule has 3 amide bonds. The molecule has 2 fully saturated rings. The van der Waals surface area contributed by atoms with Crippen molar-refractivity contribution in [3.05, 3.63) is 39.8 Å². The van der Waals surface area contributed by atoms with Crippen LogP contribution >= 0.6 is 0 Å². The molecule has 0 atom stereocenters. The Labute approximate surface area is 160 Å². The minimum atomic E-state index is -0.641. The number of carbonyl (C=O) groups excluding carboxylic acids is 3. The van der Waals surface area contributed by atoms with Crippen molar-refractivity contribution >= 4 is 28.9 Å². The van der Waals surface area contributed by atoms with E-state index in [9.17, 15) is 19.2 Å². The molecular weight excluding hydrogens is 364 g/mol. The number of nitrogens with zero attached hydrogens (tertiary/aromatic N) is 4. The van der Waals surface area contributed by atoms with Gasteiger partial charge in [-0.1, -0.05) is 0 Å². The van der Waals surface area contributed by atoms with Gasteiger partial charge < -0.3 is 14.2 Å². The van der Waals surface area contributed by atoms with E-state index in [0.29, 0.717) is 30.7 Å². The van der Waals surface area contributed by atoms with Crippen LogP contribution in [-0.2, 0) is 16.1 Å². The third-order valence-electron chi connectivity index (χ3n) is 5.16. The van der Waals surface area contributed by atoms with Gasteiger partial charge in [-0.3, -0.25) is 14.4 Å². The molecule has 9 heteroatoms. The van der Waals surface area contributed by atoms with Gasteiger partial charge in [-0.05, 0) is 26.0 Å². The van der Waals surface area contributed by atoms with Crippen LogP contribution in [0.15, 0.2) is 23.1 Å². The van der Waals surface area contributed by atoms with E-state index in [4.69, 9.17) is 0 Å². The number of pyridine rings is 2. The third-order valence-corrected chi connectivity index (χ3v) is 5.16. The average Bonchev–Trinajstić information content (AvgIpc) is 2.95. The summed E-state index contributed by atoms with van der Waals surface area (Å²) in [6, 6.07) is 3.45. The van der Waals surface area contributed by atoms with Crippen molar-refractivity contribution in [3.8, 4) is 0 Å². The Bertz CT molecular complexity index is 1040. The Kier molecular flexibility index (Phi) is 4.37. The molecule has 0 radical (unpaired) electrons. The predicted octanol–water partition coefficient (Wildman–Crippen LogP) is 0.776. The number of fused-ring (bicyclic) bond motifs is 1. The van der Waals surface area contributed by atoms with Gasteiger partial charge in [-0.2, -0.15) is 0 Å². The van der Waals surface area contributed by atoms with E-state index >= 15 is 0 Å². The van der Waals surface area contributed by atoms with Crippen molar-refractivity contribution in [2.45, 2.75) is 20.4 Å². The molecule has 0 N–H and O–H groups in total. The molecule has 0 unspecified atom stereocenters. The molecule has 0 saturated carbocycles. The summed E-state index contributed by atoms with van der Waals surface area (Å²) in [7, 11) is 0. The summed E-state index contributed by atoms with van der Waals surface area (Å²) in [5.41, 5.74) is 1.14. The molecule has 4 rings (SSSR count). The molecule has 9 nitrogen and oxygen atoms in total. The first-order valence-corrected chi connectivity index (χ1v) is 9.16. The summed E-state index contributed by atoms with van der Waals surface area (Å²) < 4.78 is 6.49. The standard InChI is InChI=1S/C19H20N4O5/c1-3-21-9-14(16(25)13-5-4-11(2)20-17(13)21)18(26)22-6-12(7-22)8-23-15(24)10-28-19(23)27/h4-5,9,12H,3,6-8,10H2,1-2H3. The lowest BCUT2D eigenvalue weighted by atomic mass is 9.98. The van der Waals surface area contributed by atoms with Crippen molar-refractivity contribution in [2.24, 2.45) is 5.92 Å². The third kappa shape index (κ3) is 2.92. The Morgan fingerprint density at radius 3 is 2.64 bits per heavy atom. The number of cyclic esters (lactones) is 1. The first-order chi connectivity index (χ1) is 13.4. The molecule has 4 heterocycles. The molecule has 2 aliphatic rings. The van der Waals surface area contributed by atoms with Crippen LogP contribution in [0.2, 0.25) is 0 Å². The number of amides is 3. The maximum Gasteiger partial charge on any atom is 0.417 e. The van der Waals surface area contributed by atoms with E-state index < -0.39 is 6.09 Å². The van der Waals surface area contributed by atoms with Crippen LogP contribution in [0.5, 0.6) is 0 Å². The van der Waals surface area contributed by atoms with Gasteiger partial charge >= 0.3 is 6.09 Å². The van der Waals surface area contributed by atoms with Crippen LogP contribution in [0.1, 0.15) is 23.0 Å². The van der Waals surface area contributed by atoms with E-state index in [1.54, 1.807) is 27.8 Å². The van der Waals surface area contributed by atoms with Crippen LogP contribution in [0, 0.1) is 12.8 Å². The lowest BCUT2D eigenvalue weighted by Crippen LogP contribution is -2.55. The van der Waals surface area contributed by atoms with Gasteiger partial charge in [0.15, 0.2) is 6.61 Å². The number of ether oxygens (including phenoxy) is 1. The molecule has 0 aliphatic carbocycles. The van der Waals surface area contributed by atoms with Crippen LogP contribution in [0.3, 0.4) is 0 Å². The highest BCUT2D eigenvalue weighted by Gasteiger charge is 2.39. The van der Waals surface area contributed by atoms with Gasteiger partial charge in [-0.25, -0.2) is 14.7 Å². The summed E-state index contributed by atoms with van der Waals surface area (Å²) in [5.74, 6) is -0.726. The molecule has 0 bridgehead atoms. The summed E-state index contributed by atoms with van der Waals surface area (Å²) in [5, 5.41) is 0.417. The molecule has 2 aromatic heterocycles. The second-order valence-electron chi connectivity index (χ2n) is 7.12. The van der Waals surface area contributed by atoms with E-state index in [2.05, 4.69) is 9.72 Å².